The largest absolute Gasteiger partial charge is 0.333 e. The van der Waals surface area contributed by atoms with Crippen LogP contribution in [0, 0.1) is 11.3 Å². The molecule has 0 aromatic carbocycles. The SMILES string of the molecule is C[C@@H]1c2ccc(Cl)n2CCN1CCC(=O)Nc1sc2c(c1C#N)CCCC2. The zero-order chi connectivity index (χ0) is 19.0. The third-order valence-electron chi connectivity index (χ3n) is 5.71. The number of hydrogen-bond acceptors (Lipinski definition) is 4. The molecule has 142 valence electrons. The van der Waals surface area contributed by atoms with Crippen LogP contribution >= 0.6 is 22.9 Å². The van der Waals surface area contributed by atoms with Crippen molar-refractivity contribution >= 4 is 33.8 Å². The highest BCUT2D eigenvalue weighted by molar-refractivity contribution is 7.16. The molecular formula is C20H23ClN4OS. The lowest BCUT2D eigenvalue weighted by Gasteiger charge is -2.35. The Balaban J connectivity index is 1.38. The average Bonchev–Trinajstić information content (AvgIpc) is 3.21. The van der Waals surface area contributed by atoms with Crippen LogP contribution in [0.5, 0.6) is 0 Å². The van der Waals surface area contributed by atoms with E-state index in [9.17, 15) is 10.1 Å². The summed E-state index contributed by atoms with van der Waals surface area (Å²) in [6, 6.07) is 6.54. The molecule has 2 aromatic heterocycles. The smallest absolute Gasteiger partial charge is 0.226 e. The molecule has 1 atom stereocenters. The van der Waals surface area contributed by atoms with Crippen LogP contribution in [0.3, 0.4) is 0 Å². The summed E-state index contributed by atoms with van der Waals surface area (Å²) in [4.78, 5) is 16.1. The highest BCUT2D eigenvalue weighted by Crippen LogP contribution is 2.37. The number of rotatable bonds is 4. The topological polar surface area (TPSA) is 61.1 Å². The minimum atomic E-state index is -0.0173. The van der Waals surface area contributed by atoms with Gasteiger partial charge in [0.25, 0.3) is 0 Å². The number of carbonyl (C=O) groups is 1. The standard InChI is InChI=1S/C20H23ClN4OS/c1-13-16-6-7-18(21)25(16)11-10-24(13)9-8-19(26)23-20-15(12-22)14-4-2-3-5-17(14)27-20/h6-7,13H,2-5,8-11H2,1H3,(H,23,26)/t13-/m1/s1. The molecule has 5 nitrogen and oxygen atoms in total. The Kier molecular flexibility index (Phi) is 5.27. The number of nitriles is 1. The van der Waals surface area contributed by atoms with Crippen molar-refractivity contribution in [3.05, 3.63) is 39.0 Å². The van der Waals surface area contributed by atoms with Crippen molar-refractivity contribution in [2.45, 2.75) is 51.6 Å². The third-order valence-corrected chi connectivity index (χ3v) is 7.25. The Labute approximate surface area is 168 Å². The summed E-state index contributed by atoms with van der Waals surface area (Å²) >= 11 is 7.80. The minimum Gasteiger partial charge on any atom is -0.333 e. The lowest BCUT2D eigenvalue weighted by molar-refractivity contribution is -0.116. The monoisotopic (exact) mass is 402 g/mol. The quantitative estimate of drug-likeness (QED) is 0.826. The second-order valence-electron chi connectivity index (χ2n) is 7.27. The first-order chi connectivity index (χ1) is 13.1. The summed E-state index contributed by atoms with van der Waals surface area (Å²) < 4.78 is 2.14. The Morgan fingerprint density at radius 2 is 2.19 bits per heavy atom. The molecule has 0 saturated carbocycles. The first-order valence-electron chi connectivity index (χ1n) is 9.52. The molecule has 0 unspecified atom stereocenters. The van der Waals surface area contributed by atoms with Crippen LogP contribution in [-0.2, 0) is 24.2 Å². The molecule has 2 aromatic rings. The van der Waals surface area contributed by atoms with Crippen molar-refractivity contribution in [3.8, 4) is 6.07 Å². The van der Waals surface area contributed by atoms with Gasteiger partial charge in [-0.3, -0.25) is 9.69 Å². The molecule has 0 spiro atoms. The summed E-state index contributed by atoms with van der Waals surface area (Å²) in [7, 11) is 0. The fourth-order valence-electron chi connectivity index (χ4n) is 4.18. The second kappa shape index (κ2) is 7.67. The number of aromatic nitrogens is 1. The van der Waals surface area contributed by atoms with Crippen LogP contribution < -0.4 is 5.32 Å². The van der Waals surface area contributed by atoms with E-state index in [1.54, 1.807) is 11.3 Å². The van der Waals surface area contributed by atoms with Crippen LogP contribution in [0.25, 0.3) is 0 Å². The van der Waals surface area contributed by atoms with Gasteiger partial charge >= 0.3 is 0 Å². The summed E-state index contributed by atoms with van der Waals surface area (Å²) in [6.07, 6.45) is 4.71. The van der Waals surface area contributed by atoms with Crippen LogP contribution in [0.15, 0.2) is 12.1 Å². The maximum absolute atomic E-state index is 12.5. The van der Waals surface area contributed by atoms with Gasteiger partial charge < -0.3 is 9.88 Å². The van der Waals surface area contributed by atoms with Crippen molar-refractivity contribution in [2.75, 3.05) is 18.4 Å². The van der Waals surface area contributed by atoms with Gasteiger partial charge in [0.15, 0.2) is 0 Å². The molecule has 1 amide bonds. The lowest BCUT2D eigenvalue weighted by Crippen LogP contribution is -2.38. The summed E-state index contributed by atoms with van der Waals surface area (Å²) in [5.41, 5.74) is 3.04. The van der Waals surface area contributed by atoms with E-state index in [4.69, 9.17) is 11.6 Å². The maximum atomic E-state index is 12.5. The number of thiophene rings is 1. The minimum absolute atomic E-state index is 0.0173. The lowest BCUT2D eigenvalue weighted by atomic mass is 9.96. The summed E-state index contributed by atoms with van der Waals surface area (Å²) in [6.45, 7) is 4.58. The number of amides is 1. The number of nitrogens with one attached hydrogen (secondary N) is 1. The van der Waals surface area contributed by atoms with Crippen molar-refractivity contribution in [2.24, 2.45) is 0 Å². The van der Waals surface area contributed by atoms with E-state index in [-0.39, 0.29) is 11.9 Å². The molecule has 1 aliphatic heterocycles. The molecule has 1 aliphatic carbocycles. The number of fused-ring (bicyclic) bond motifs is 2. The second-order valence-corrected chi connectivity index (χ2v) is 8.76. The molecule has 2 aliphatic rings. The van der Waals surface area contributed by atoms with E-state index in [1.165, 1.54) is 17.0 Å². The molecule has 27 heavy (non-hydrogen) atoms. The molecule has 4 rings (SSSR count). The Bertz CT molecular complexity index is 910. The van der Waals surface area contributed by atoms with E-state index < -0.39 is 0 Å². The number of nitrogens with zero attached hydrogens (tertiary/aromatic N) is 3. The van der Waals surface area contributed by atoms with Crippen LogP contribution in [0.4, 0.5) is 5.00 Å². The number of halogens is 1. The molecule has 3 heterocycles. The summed E-state index contributed by atoms with van der Waals surface area (Å²) in [5, 5.41) is 14.0. The number of carbonyl (C=O) groups excluding carboxylic acids is 1. The third kappa shape index (κ3) is 3.52. The van der Waals surface area contributed by atoms with Gasteiger partial charge in [-0.15, -0.1) is 11.3 Å². The van der Waals surface area contributed by atoms with Gasteiger partial charge in [-0.1, -0.05) is 11.6 Å². The van der Waals surface area contributed by atoms with Crippen molar-refractivity contribution in [1.29, 1.82) is 5.26 Å². The molecule has 0 fully saturated rings. The van der Waals surface area contributed by atoms with E-state index in [2.05, 4.69) is 33.8 Å². The number of anilines is 1. The average molecular weight is 403 g/mol. The fraction of sp³-hybridized carbons (Fsp3) is 0.500. The maximum Gasteiger partial charge on any atom is 0.226 e. The fourth-order valence-corrected chi connectivity index (χ4v) is 5.68. The van der Waals surface area contributed by atoms with Crippen molar-refractivity contribution in [1.82, 2.24) is 9.47 Å². The highest BCUT2D eigenvalue weighted by Gasteiger charge is 2.26. The van der Waals surface area contributed by atoms with Gasteiger partial charge in [-0.25, -0.2) is 0 Å². The van der Waals surface area contributed by atoms with Crippen LogP contribution in [0.1, 0.15) is 53.9 Å². The Hall–Kier alpha value is -1.81. The van der Waals surface area contributed by atoms with E-state index in [0.29, 0.717) is 18.5 Å². The van der Waals surface area contributed by atoms with E-state index >= 15 is 0 Å². The molecule has 0 radical (unpaired) electrons. The van der Waals surface area contributed by atoms with E-state index in [0.717, 1.165) is 48.1 Å². The van der Waals surface area contributed by atoms with Crippen LogP contribution in [0.2, 0.25) is 5.15 Å². The van der Waals surface area contributed by atoms with Crippen molar-refractivity contribution in [3.63, 3.8) is 0 Å². The van der Waals surface area contributed by atoms with E-state index in [1.807, 2.05) is 6.07 Å². The van der Waals surface area contributed by atoms with Crippen LogP contribution in [-0.4, -0.2) is 28.5 Å². The first kappa shape index (κ1) is 18.5. The Morgan fingerprint density at radius 3 is 3.00 bits per heavy atom. The first-order valence-corrected chi connectivity index (χ1v) is 10.7. The highest BCUT2D eigenvalue weighted by atomic mass is 35.5. The van der Waals surface area contributed by atoms with Gasteiger partial charge in [0.2, 0.25) is 5.91 Å². The van der Waals surface area contributed by atoms with Gasteiger partial charge in [0, 0.05) is 42.7 Å². The number of aryl methyl sites for hydroxylation is 1. The van der Waals surface area contributed by atoms with Crippen molar-refractivity contribution < 1.29 is 4.79 Å². The summed E-state index contributed by atoms with van der Waals surface area (Å²) in [5.74, 6) is -0.0173. The molecule has 1 N–H and O–H groups in total. The predicted octanol–water partition coefficient (Wildman–Crippen LogP) is 4.36. The number of hydrogen-bond donors (Lipinski definition) is 1. The molecular weight excluding hydrogens is 380 g/mol. The zero-order valence-electron chi connectivity index (χ0n) is 15.4. The molecule has 0 saturated heterocycles. The zero-order valence-corrected chi connectivity index (χ0v) is 17.0. The van der Waals surface area contributed by atoms with Gasteiger partial charge in [0.1, 0.15) is 16.2 Å². The van der Waals surface area contributed by atoms with Gasteiger partial charge in [0.05, 0.1) is 5.56 Å². The predicted molar refractivity (Wildman–Crippen MR) is 108 cm³/mol. The molecule has 7 heteroatoms. The van der Waals surface area contributed by atoms with Gasteiger partial charge in [-0.2, -0.15) is 5.26 Å². The normalized spacial score (nSPS) is 19.2. The Morgan fingerprint density at radius 1 is 1.37 bits per heavy atom. The molecule has 0 bridgehead atoms. The van der Waals surface area contributed by atoms with Gasteiger partial charge in [-0.05, 0) is 50.3 Å².